The lowest BCUT2D eigenvalue weighted by molar-refractivity contribution is -0.304. The lowest BCUT2D eigenvalue weighted by atomic mass is 10.2. The minimum absolute atomic E-state index is 0.103. The van der Waals surface area contributed by atoms with Crippen molar-refractivity contribution in [1.82, 2.24) is 4.98 Å². The Morgan fingerprint density at radius 1 is 1.52 bits per heavy atom. The normalized spacial score (nSPS) is 10.3. The smallest absolute Gasteiger partial charge is 0.183 e. The molecule has 1 heterocycles. The number of thiazole rings is 1. The Balaban J connectivity index is 1.97. The lowest BCUT2D eigenvalue weighted by Crippen LogP contribution is -2.24. The van der Waals surface area contributed by atoms with Crippen LogP contribution >= 0.6 is 11.3 Å². The van der Waals surface area contributed by atoms with Crippen LogP contribution < -0.4 is 15.2 Å². The fourth-order valence-corrected chi connectivity index (χ4v) is 2.44. The van der Waals surface area contributed by atoms with E-state index in [9.17, 15) is 15.0 Å². The first-order valence-electron chi connectivity index (χ1n) is 6.41. The molecule has 7 heteroatoms. The second-order valence-electron chi connectivity index (χ2n) is 4.28. The van der Waals surface area contributed by atoms with E-state index in [4.69, 9.17) is 4.74 Å². The van der Waals surface area contributed by atoms with Gasteiger partial charge in [0.05, 0.1) is 12.3 Å². The molecule has 0 aliphatic carbocycles. The highest BCUT2D eigenvalue weighted by molar-refractivity contribution is 7.13. The highest BCUT2D eigenvalue weighted by Crippen LogP contribution is 2.27. The van der Waals surface area contributed by atoms with E-state index in [0.29, 0.717) is 29.7 Å². The molecular weight excluding hydrogens is 292 g/mol. The van der Waals surface area contributed by atoms with E-state index in [1.165, 1.54) is 11.3 Å². The molecule has 0 saturated heterocycles. The average molecular weight is 307 g/mol. The van der Waals surface area contributed by atoms with Crippen molar-refractivity contribution in [2.24, 2.45) is 0 Å². The Kier molecular flexibility index (Phi) is 4.99. The van der Waals surface area contributed by atoms with E-state index in [2.05, 4.69) is 10.3 Å². The van der Waals surface area contributed by atoms with Crippen molar-refractivity contribution >= 4 is 22.4 Å². The SMILES string of the molecule is CCOc1cc(CNc2nc(CC(=O)[O-])cs2)ccc1O. The van der Waals surface area contributed by atoms with Gasteiger partial charge < -0.3 is 25.1 Å². The number of carboxylic acid groups (broad SMARTS) is 1. The Hall–Kier alpha value is -2.28. The zero-order valence-corrected chi connectivity index (χ0v) is 12.3. The van der Waals surface area contributed by atoms with E-state index in [0.717, 1.165) is 5.56 Å². The van der Waals surface area contributed by atoms with Gasteiger partial charge in [0.25, 0.3) is 0 Å². The number of phenols is 1. The first-order chi connectivity index (χ1) is 10.1. The summed E-state index contributed by atoms with van der Waals surface area (Å²) in [6.45, 7) is 2.82. The summed E-state index contributed by atoms with van der Waals surface area (Å²) in [6.07, 6.45) is -0.189. The molecule has 6 nitrogen and oxygen atoms in total. The topological polar surface area (TPSA) is 94.5 Å². The molecule has 0 fully saturated rings. The highest BCUT2D eigenvalue weighted by Gasteiger charge is 2.05. The molecule has 21 heavy (non-hydrogen) atoms. The molecule has 0 atom stereocenters. The van der Waals surface area contributed by atoms with Crippen LogP contribution in [-0.4, -0.2) is 22.7 Å². The molecule has 112 valence electrons. The number of aromatic hydroxyl groups is 1. The lowest BCUT2D eigenvalue weighted by Gasteiger charge is -2.08. The minimum Gasteiger partial charge on any atom is -0.550 e. The largest absolute Gasteiger partial charge is 0.550 e. The van der Waals surface area contributed by atoms with Gasteiger partial charge in [-0.1, -0.05) is 6.07 Å². The first-order valence-corrected chi connectivity index (χ1v) is 7.29. The van der Waals surface area contributed by atoms with E-state index >= 15 is 0 Å². The number of carboxylic acids is 1. The molecule has 0 unspecified atom stereocenters. The summed E-state index contributed by atoms with van der Waals surface area (Å²) in [7, 11) is 0. The number of hydrogen-bond donors (Lipinski definition) is 2. The number of ether oxygens (including phenoxy) is 1. The second-order valence-corrected chi connectivity index (χ2v) is 5.14. The number of hydrogen-bond acceptors (Lipinski definition) is 7. The highest BCUT2D eigenvalue weighted by atomic mass is 32.1. The average Bonchev–Trinajstić information content (AvgIpc) is 2.86. The number of aliphatic carboxylic acids is 1. The van der Waals surface area contributed by atoms with Crippen LogP contribution in [0.2, 0.25) is 0 Å². The van der Waals surface area contributed by atoms with E-state index in [-0.39, 0.29) is 12.2 Å². The Labute approximate surface area is 126 Å². The van der Waals surface area contributed by atoms with Gasteiger partial charge in [-0.05, 0) is 24.6 Å². The Morgan fingerprint density at radius 2 is 2.33 bits per heavy atom. The number of rotatable bonds is 7. The Morgan fingerprint density at radius 3 is 3.05 bits per heavy atom. The number of carbonyl (C=O) groups excluding carboxylic acids is 1. The van der Waals surface area contributed by atoms with Gasteiger partial charge in [-0.15, -0.1) is 11.3 Å². The number of nitrogens with zero attached hydrogens (tertiary/aromatic N) is 1. The molecule has 0 bridgehead atoms. The maximum Gasteiger partial charge on any atom is 0.183 e. The van der Waals surface area contributed by atoms with Crippen molar-refractivity contribution in [3.8, 4) is 11.5 Å². The van der Waals surface area contributed by atoms with Crippen molar-refractivity contribution in [3.05, 3.63) is 34.8 Å². The summed E-state index contributed by atoms with van der Waals surface area (Å²) >= 11 is 1.33. The molecule has 0 aliphatic heterocycles. The van der Waals surface area contributed by atoms with Crippen LogP contribution in [0.3, 0.4) is 0 Å². The number of nitrogens with one attached hydrogen (secondary N) is 1. The zero-order valence-electron chi connectivity index (χ0n) is 11.5. The van der Waals surface area contributed by atoms with Crippen molar-refractivity contribution in [3.63, 3.8) is 0 Å². The summed E-state index contributed by atoms with van der Waals surface area (Å²) in [5, 5.41) is 25.5. The van der Waals surface area contributed by atoms with Crippen LogP contribution in [-0.2, 0) is 17.8 Å². The van der Waals surface area contributed by atoms with Crippen molar-refractivity contribution in [2.75, 3.05) is 11.9 Å². The molecule has 1 aromatic carbocycles. The molecule has 0 aliphatic rings. The van der Waals surface area contributed by atoms with Crippen LogP contribution in [0.4, 0.5) is 5.13 Å². The molecule has 2 aromatic rings. The van der Waals surface area contributed by atoms with E-state index in [1.54, 1.807) is 23.6 Å². The molecule has 0 amide bonds. The van der Waals surface area contributed by atoms with Gasteiger partial charge >= 0.3 is 0 Å². The monoisotopic (exact) mass is 307 g/mol. The molecule has 0 saturated carbocycles. The Bertz CT molecular complexity index is 627. The van der Waals surface area contributed by atoms with Crippen LogP contribution in [0.15, 0.2) is 23.6 Å². The summed E-state index contributed by atoms with van der Waals surface area (Å²) < 4.78 is 5.31. The van der Waals surface area contributed by atoms with Gasteiger partial charge in [0, 0.05) is 24.3 Å². The third-order valence-corrected chi connectivity index (χ3v) is 3.49. The van der Waals surface area contributed by atoms with Gasteiger partial charge in [0.1, 0.15) is 0 Å². The van der Waals surface area contributed by atoms with Gasteiger partial charge in [-0.3, -0.25) is 0 Å². The summed E-state index contributed by atoms with van der Waals surface area (Å²) in [5.41, 5.74) is 1.40. The fraction of sp³-hybridized carbons (Fsp3) is 0.286. The van der Waals surface area contributed by atoms with E-state index < -0.39 is 5.97 Å². The predicted octanol–water partition coefficient (Wildman–Crippen LogP) is 1.15. The number of aromatic nitrogens is 1. The quantitative estimate of drug-likeness (QED) is 0.797. The third-order valence-electron chi connectivity index (χ3n) is 2.65. The van der Waals surface area contributed by atoms with Crippen molar-refractivity contribution in [1.29, 1.82) is 0 Å². The minimum atomic E-state index is -1.15. The standard InChI is InChI=1S/C14H16N2O4S/c1-2-20-12-5-9(3-4-11(12)17)7-15-14-16-10(8-21-14)6-13(18)19/h3-5,8,17H,2,6-7H2,1H3,(H,15,16)(H,18,19)/p-1. The summed E-state index contributed by atoms with van der Waals surface area (Å²) in [6, 6.07) is 5.10. The summed E-state index contributed by atoms with van der Waals surface area (Å²) in [4.78, 5) is 14.6. The molecule has 2 N–H and O–H groups in total. The molecule has 1 aromatic heterocycles. The van der Waals surface area contributed by atoms with E-state index in [1.807, 2.05) is 6.92 Å². The third kappa shape index (κ3) is 4.35. The molecule has 0 spiro atoms. The molecular formula is C14H15N2O4S-. The number of benzene rings is 1. The molecule has 0 radical (unpaired) electrons. The maximum absolute atomic E-state index is 10.5. The zero-order chi connectivity index (χ0) is 15.2. The van der Waals surface area contributed by atoms with Gasteiger partial charge in [0.2, 0.25) is 0 Å². The van der Waals surface area contributed by atoms with Gasteiger partial charge in [0.15, 0.2) is 16.6 Å². The van der Waals surface area contributed by atoms with Crippen LogP contribution in [0.1, 0.15) is 18.2 Å². The van der Waals surface area contributed by atoms with Gasteiger partial charge in [-0.2, -0.15) is 0 Å². The predicted molar refractivity (Wildman–Crippen MR) is 77.4 cm³/mol. The van der Waals surface area contributed by atoms with Gasteiger partial charge in [-0.25, -0.2) is 4.98 Å². The first kappa shape index (κ1) is 15.1. The number of phenolic OH excluding ortho intramolecular Hbond substituents is 1. The van der Waals surface area contributed by atoms with Crippen LogP contribution in [0.5, 0.6) is 11.5 Å². The van der Waals surface area contributed by atoms with Crippen molar-refractivity contribution in [2.45, 2.75) is 19.9 Å². The number of anilines is 1. The fourth-order valence-electron chi connectivity index (χ4n) is 1.73. The number of carbonyl (C=O) groups is 1. The summed E-state index contributed by atoms with van der Waals surface area (Å²) in [5.74, 6) is -0.605. The molecule has 2 rings (SSSR count). The van der Waals surface area contributed by atoms with Crippen molar-refractivity contribution < 1.29 is 19.7 Å². The second kappa shape index (κ2) is 6.94. The van der Waals surface area contributed by atoms with Crippen LogP contribution in [0, 0.1) is 0 Å². The van der Waals surface area contributed by atoms with Crippen LogP contribution in [0.25, 0.3) is 0 Å². The maximum atomic E-state index is 10.5.